The molecule has 17 heavy (non-hydrogen) atoms. The summed E-state index contributed by atoms with van der Waals surface area (Å²) in [5, 5.41) is 3.36. The lowest BCUT2D eigenvalue weighted by Crippen LogP contribution is -2.61. The predicted molar refractivity (Wildman–Crippen MR) is 70.7 cm³/mol. The molecule has 0 unspecified atom stereocenters. The lowest BCUT2D eigenvalue weighted by molar-refractivity contribution is -0.126. The normalized spacial score (nSPS) is 20.7. The van der Waals surface area contributed by atoms with Gasteiger partial charge in [0.15, 0.2) is 0 Å². The average molecular weight is 241 g/mol. The van der Waals surface area contributed by atoms with Crippen LogP contribution in [0.3, 0.4) is 0 Å². The quantitative estimate of drug-likeness (QED) is 0.728. The number of rotatable bonds is 6. The molecule has 100 valence electrons. The molecule has 1 aliphatic heterocycles. The molecule has 0 atom stereocenters. The third-order valence-corrected chi connectivity index (χ3v) is 3.52. The molecule has 0 aromatic rings. The van der Waals surface area contributed by atoms with Gasteiger partial charge in [-0.15, -0.1) is 0 Å². The van der Waals surface area contributed by atoms with Crippen LogP contribution in [0.15, 0.2) is 0 Å². The molecule has 0 bridgehead atoms. The van der Waals surface area contributed by atoms with Gasteiger partial charge in [-0.2, -0.15) is 0 Å². The van der Waals surface area contributed by atoms with E-state index in [0.29, 0.717) is 5.92 Å². The van der Waals surface area contributed by atoms with Crippen molar-refractivity contribution < 1.29 is 4.79 Å². The van der Waals surface area contributed by atoms with Crippen molar-refractivity contribution in [3.63, 3.8) is 0 Å². The Morgan fingerprint density at radius 2 is 2.00 bits per heavy atom. The second-order valence-corrected chi connectivity index (χ2v) is 5.57. The first-order chi connectivity index (χ1) is 8.00. The van der Waals surface area contributed by atoms with Gasteiger partial charge in [-0.05, 0) is 31.7 Å². The van der Waals surface area contributed by atoms with Crippen LogP contribution in [-0.2, 0) is 4.79 Å². The van der Waals surface area contributed by atoms with E-state index in [9.17, 15) is 4.79 Å². The molecule has 4 nitrogen and oxygen atoms in total. The van der Waals surface area contributed by atoms with Crippen LogP contribution in [0, 0.1) is 5.92 Å². The molecule has 1 aliphatic rings. The van der Waals surface area contributed by atoms with Gasteiger partial charge in [0.1, 0.15) is 5.54 Å². The standard InChI is InChI=1S/C13H27N3O/c1-4-7-15-13(12(14)17)5-8-16(9-6-13)10-11(2)3/h11,15H,4-10H2,1-3H3,(H2,14,17). The minimum Gasteiger partial charge on any atom is -0.368 e. The molecular weight excluding hydrogens is 214 g/mol. The summed E-state index contributed by atoms with van der Waals surface area (Å²) < 4.78 is 0. The Balaban J connectivity index is 2.52. The lowest BCUT2D eigenvalue weighted by atomic mass is 9.86. The van der Waals surface area contributed by atoms with Crippen LogP contribution in [0.2, 0.25) is 0 Å². The highest BCUT2D eigenvalue weighted by Gasteiger charge is 2.39. The van der Waals surface area contributed by atoms with Gasteiger partial charge < -0.3 is 16.0 Å². The summed E-state index contributed by atoms with van der Waals surface area (Å²) >= 11 is 0. The van der Waals surface area contributed by atoms with Crippen LogP contribution in [-0.4, -0.2) is 42.5 Å². The Bertz CT molecular complexity index is 245. The number of nitrogens with two attached hydrogens (primary N) is 1. The van der Waals surface area contributed by atoms with E-state index >= 15 is 0 Å². The number of likely N-dealkylation sites (tertiary alicyclic amines) is 1. The molecule has 0 aromatic heterocycles. The second kappa shape index (κ2) is 6.36. The molecule has 0 aromatic carbocycles. The van der Waals surface area contributed by atoms with Crippen LogP contribution in [0.5, 0.6) is 0 Å². The van der Waals surface area contributed by atoms with E-state index in [1.165, 1.54) is 0 Å². The van der Waals surface area contributed by atoms with Crippen molar-refractivity contribution in [2.75, 3.05) is 26.2 Å². The lowest BCUT2D eigenvalue weighted by Gasteiger charge is -2.40. The summed E-state index contributed by atoms with van der Waals surface area (Å²) in [6, 6.07) is 0. The number of amides is 1. The van der Waals surface area contributed by atoms with Gasteiger partial charge in [0.25, 0.3) is 0 Å². The fraction of sp³-hybridized carbons (Fsp3) is 0.923. The van der Waals surface area contributed by atoms with Gasteiger partial charge in [-0.1, -0.05) is 20.8 Å². The van der Waals surface area contributed by atoms with Gasteiger partial charge in [-0.3, -0.25) is 4.79 Å². The molecule has 0 radical (unpaired) electrons. The molecule has 4 heteroatoms. The average Bonchev–Trinajstić information content (AvgIpc) is 2.27. The van der Waals surface area contributed by atoms with Crippen molar-refractivity contribution in [2.24, 2.45) is 11.7 Å². The van der Waals surface area contributed by atoms with E-state index in [1.807, 2.05) is 0 Å². The van der Waals surface area contributed by atoms with Crippen molar-refractivity contribution in [1.82, 2.24) is 10.2 Å². The zero-order valence-corrected chi connectivity index (χ0v) is 11.5. The summed E-state index contributed by atoms with van der Waals surface area (Å²) in [7, 11) is 0. The van der Waals surface area contributed by atoms with Gasteiger partial charge in [0.2, 0.25) is 5.91 Å². The number of nitrogens with zero attached hydrogens (tertiary/aromatic N) is 1. The summed E-state index contributed by atoms with van der Waals surface area (Å²) in [4.78, 5) is 14.1. The summed E-state index contributed by atoms with van der Waals surface area (Å²) in [5.74, 6) is 0.495. The first-order valence-corrected chi connectivity index (χ1v) is 6.77. The summed E-state index contributed by atoms with van der Waals surface area (Å²) in [6.07, 6.45) is 2.72. The number of nitrogens with one attached hydrogen (secondary N) is 1. The third-order valence-electron chi connectivity index (χ3n) is 3.52. The topological polar surface area (TPSA) is 58.4 Å². The van der Waals surface area contributed by atoms with Crippen molar-refractivity contribution in [2.45, 2.75) is 45.6 Å². The van der Waals surface area contributed by atoms with E-state index in [4.69, 9.17) is 5.73 Å². The SMILES string of the molecule is CCCNC1(C(N)=O)CCN(CC(C)C)CC1. The predicted octanol–water partition coefficient (Wildman–Crippen LogP) is 0.962. The summed E-state index contributed by atoms with van der Waals surface area (Å²) in [5.41, 5.74) is 5.11. The largest absolute Gasteiger partial charge is 0.368 e. The minimum absolute atomic E-state index is 0.185. The Labute approximate surface area is 105 Å². The van der Waals surface area contributed by atoms with Crippen LogP contribution in [0.4, 0.5) is 0 Å². The van der Waals surface area contributed by atoms with Crippen LogP contribution < -0.4 is 11.1 Å². The van der Waals surface area contributed by atoms with Crippen molar-refractivity contribution in [1.29, 1.82) is 0 Å². The Hall–Kier alpha value is -0.610. The number of carbonyl (C=O) groups excluding carboxylic acids is 1. The van der Waals surface area contributed by atoms with Crippen LogP contribution >= 0.6 is 0 Å². The fourth-order valence-electron chi connectivity index (χ4n) is 2.51. The smallest absolute Gasteiger partial charge is 0.237 e. The van der Waals surface area contributed by atoms with Gasteiger partial charge in [-0.25, -0.2) is 0 Å². The molecule has 1 amide bonds. The zero-order valence-electron chi connectivity index (χ0n) is 11.5. The molecule has 1 saturated heterocycles. The molecule has 1 heterocycles. The number of piperidine rings is 1. The number of carbonyl (C=O) groups is 1. The zero-order chi connectivity index (χ0) is 12.9. The maximum absolute atomic E-state index is 11.7. The first-order valence-electron chi connectivity index (χ1n) is 6.77. The monoisotopic (exact) mass is 241 g/mol. The van der Waals surface area contributed by atoms with Crippen LogP contribution in [0.25, 0.3) is 0 Å². The van der Waals surface area contributed by atoms with Gasteiger partial charge in [0.05, 0.1) is 0 Å². The Morgan fingerprint density at radius 3 is 2.41 bits per heavy atom. The molecular formula is C13H27N3O. The third kappa shape index (κ3) is 3.96. The second-order valence-electron chi connectivity index (χ2n) is 5.57. The Kier molecular flexibility index (Phi) is 5.40. The molecule has 1 fully saturated rings. The van der Waals surface area contributed by atoms with Crippen molar-refractivity contribution in [3.8, 4) is 0 Å². The molecule has 0 aliphatic carbocycles. The number of hydrogen-bond acceptors (Lipinski definition) is 3. The number of hydrogen-bond donors (Lipinski definition) is 2. The molecule has 1 rings (SSSR count). The Morgan fingerprint density at radius 1 is 1.41 bits per heavy atom. The van der Waals surface area contributed by atoms with E-state index in [-0.39, 0.29) is 5.91 Å². The molecule has 0 saturated carbocycles. The maximum atomic E-state index is 11.7. The van der Waals surface area contributed by atoms with E-state index in [1.54, 1.807) is 0 Å². The van der Waals surface area contributed by atoms with E-state index < -0.39 is 5.54 Å². The van der Waals surface area contributed by atoms with Gasteiger partial charge in [0, 0.05) is 19.6 Å². The van der Waals surface area contributed by atoms with Crippen LogP contribution in [0.1, 0.15) is 40.0 Å². The van der Waals surface area contributed by atoms with Crippen molar-refractivity contribution in [3.05, 3.63) is 0 Å². The number of primary amides is 1. The summed E-state index contributed by atoms with van der Waals surface area (Å²) in [6.45, 7) is 10.5. The van der Waals surface area contributed by atoms with E-state index in [0.717, 1.165) is 45.4 Å². The first kappa shape index (κ1) is 14.5. The molecule has 0 spiro atoms. The van der Waals surface area contributed by atoms with Gasteiger partial charge >= 0.3 is 0 Å². The fourth-order valence-corrected chi connectivity index (χ4v) is 2.51. The van der Waals surface area contributed by atoms with E-state index in [2.05, 4.69) is 31.0 Å². The maximum Gasteiger partial charge on any atom is 0.237 e. The highest BCUT2D eigenvalue weighted by molar-refractivity contribution is 5.84. The molecule has 3 N–H and O–H groups in total. The van der Waals surface area contributed by atoms with Crippen molar-refractivity contribution >= 4 is 5.91 Å². The minimum atomic E-state index is -0.455. The highest BCUT2D eigenvalue weighted by atomic mass is 16.1. The highest BCUT2D eigenvalue weighted by Crippen LogP contribution is 2.22.